The molecule has 3 aromatic heterocycles. The summed E-state index contributed by atoms with van der Waals surface area (Å²) in [4.78, 5) is 12.3. The van der Waals surface area contributed by atoms with Crippen LogP contribution in [0.2, 0.25) is 0 Å². The fourth-order valence-corrected chi connectivity index (χ4v) is 1.63. The molecule has 0 saturated heterocycles. The van der Waals surface area contributed by atoms with Crippen LogP contribution in [-0.2, 0) is 6.54 Å². The minimum Gasteiger partial charge on any atom is -0.464 e. The van der Waals surface area contributed by atoms with Gasteiger partial charge in [-0.1, -0.05) is 0 Å². The molecule has 0 aromatic carbocycles. The molecule has 3 heterocycles. The predicted molar refractivity (Wildman–Crippen MR) is 63.4 cm³/mol. The van der Waals surface area contributed by atoms with Crippen LogP contribution < -0.4 is 5.32 Å². The minimum atomic E-state index is 0.611. The van der Waals surface area contributed by atoms with Crippen molar-refractivity contribution in [3.8, 4) is 0 Å². The van der Waals surface area contributed by atoms with Gasteiger partial charge in [-0.15, -0.1) is 0 Å². The van der Waals surface area contributed by atoms with E-state index in [1.54, 1.807) is 18.7 Å². The number of furan rings is 1. The van der Waals surface area contributed by atoms with Gasteiger partial charge in [-0.25, -0.2) is 15.0 Å². The van der Waals surface area contributed by atoms with Gasteiger partial charge in [0.25, 0.3) is 0 Å². The second-order valence-corrected chi connectivity index (χ2v) is 3.55. The number of aromatic nitrogens is 3. The molecule has 17 heavy (non-hydrogen) atoms. The summed E-state index contributed by atoms with van der Waals surface area (Å²) in [5.74, 6) is 0.801. The SMILES string of the molecule is c1cc(CNc2nccc3occc23)ncn1. The number of pyridine rings is 1. The molecule has 0 atom stereocenters. The van der Waals surface area contributed by atoms with Crippen LogP contribution in [0.1, 0.15) is 5.69 Å². The second-order valence-electron chi connectivity index (χ2n) is 3.55. The Morgan fingerprint density at radius 2 is 2.12 bits per heavy atom. The van der Waals surface area contributed by atoms with Crippen LogP contribution in [0, 0.1) is 0 Å². The Bertz CT molecular complexity index is 620. The van der Waals surface area contributed by atoms with Crippen LogP contribution in [0.5, 0.6) is 0 Å². The Hall–Kier alpha value is -2.43. The first kappa shape index (κ1) is 9.77. The van der Waals surface area contributed by atoms with Gasteiger partial charge in [0, 0.05) is 12.4 Å². The van der Waals surface area contributed by atoms with Gasteiger partial charge in [0.05, 0.1) is 23.9 Å². The van der Waals surface area contributed by atoms with E-state index in [1.165, 1.54) is 6.33 Å². The van der Waals surface area contributed by atoms with Crippen LogP contribution in [-0.4, -0.2) is 15.0 Å². The lowest BCUT2D eigenvalue weighted by Gasteiger charge is -2.05. The molecule has 0 radical (unpaired) electrons. The van der Waals surface area contributed by atoms with E-state index in [2.05, 4.69) is 20.3 Å². The van der Waals surface area contributed by atoms with Crippen LogP contribution in [0.3, 0.4) is 0 Å². The van der Waals surface area contributed by atoms with Gasteiger partial charge in [0.15, 0.2) is 0 Å². The summed E-state index contributed by atoms with van der Waals surface area (Å²) in [6.45, 7) is 0.611. The highest BCUT2D eigenvalue weighted by Gasteiger charge is 2.04. The van der Waals surface area contributed by atoms with Crippen molar-refractivity contribution < 1.29 is 4.42 Å². The molecule has 3 aromatic rings. The first-order chi connectivity index (χ1) is 8.43. The zero-order valence-corrected chi connectivity index (χ0v) is 9.00. The minimum absolute atomic E-state index is 0.611. The number of nitrogens with one attached hydrogen (secondary N) is 1. The topological polar surface area (TPSA) is 63.8 Å². The number of anilines is 1. The quantitative estimate of drug-likeness (QED) is 0.741. The van der Waals surface area contributed by atoms with Crippen molar-refractivity contribution in [3.63, 3.8) is 0 Å². The van der Waals surface area contributed by atoms with Gasteiger partial charge in [-0.3, -0.25) is 0 Å². The highest BCUT2D eigenvalue weighted by atomic mass is 16.3. The van der Waals surface area contributed by atoms with Crippen LogP contribution in [0.25, 0.3) is 11.0 Å². The van der Waals surface area contributed by atoms with Crippen LogP contribution >= 0.6 is 0 Å². The number of hydrogen-bond acceptors (Lipinski definition) is 5. The molecule has 0 bridgehead atoms. The summed E-state index contributed by atoms with van der Waals surface area (Å²) in [6.07, 6.45) is 6.62. The van der Waals surface area contributed by atoms with Crippen molar-refractivity contribution in [1.29, 1.82) is 0 Å². The molecule has 0 aliphatic carbocycles. The normalized spacial score (nSPS) is 10.6. The van der Waals surface area contributed by atoms with Gasteiger partial charge in [-0.05, 0) is 18.2 Å². The summed E-state index contributed by atoms with van der Waals surface area (Å²) in [5, 5.41) is 4.20. The molecule has 0 spiro atoms. The molecule has 5 nitrogen and oxygen atoms in total. The van der Waals surface area contributed by atoms with Crippen LogP contribution in [0.15, 0.2) is 47.6 Å². The van der Waals surface area contributed by atoms with Gasteiger partial charge < -0.3 is 9.73 Å². The highest BCUT2D eigenvalue weighted by Crippen LogP contribution is 2.21. The zero-order valence-electron chi connectivity index (χ0n) is 9.00. The molecular weight excluding hydrogens is 216 g/mol. The second kappa shape index (κ2) is 4.21. The molecular formula is C12H10N4O. The standard InChI is InChI=1S/C12H10N4O/c1-4-13-8-16-9(1)7-15-12-10-3-6-17-11(10)2-5-14-12/h1-6,8H,7H2,(H,14,15). The van der Waals surface area contributed by atoms with E-state index in [4.69, 9.17) is 4.42 Å². The van der Waals surface area contributed by atoms with E-state index >= 15 is 0 Å². The first-order valence-corrected chi connectivity index (χ1v) is 5.24. The van der Waals surface area contributed by atoms with Gasteiger partial charge in [0.1, 0.15) is 17.7 Å². The third-order valence-corrected chi connectivity index (χ3v) is 2.46. The van der Waals surface area contributed by atoms with Crippen molar-refractivity contribution in [2.24, 2.45) is 0 Å². The van der Waals surface area contributed by atoms with E-state index in [0.717, 1.165) is 22.5 Å². The van der Waals surface area contributed by atoms with Crippen molar-refractivity contribution in [2.45, 2.75) is 6.54 Å². The maximum absolute atomic E-state index is 5.30. The molecule has 0 aliphatic rings. The molecule has 0 fully saturated rings. The summed E-state index contributed by atoms with van der Waals surface area (Å²) < 4.78 is 5.30. The maximum atomic E-state index is 5.30. The Balaban J connectivity index is 1.84. The van der Waals surface area contributed by atoms with E-state index in [9.17, 15) is 0 Å². The number of rotatable bonds is 3. The highest BCUT2D eigenvalue weighted by molar-refractivity contribution is 5.87. The molecule has 0 unspecified atom stereocenters. The van der Waals surface area contributed by atoms with E-state index in [-0.39, 0.29) is 0 Å². The Labute approximate surface area is 97.5 Å². The number of fused-ring (bicyclic) bond motifs is 1. The third kappa shape index (κ3) is 1.94. The molecule has 84 valence electrons. The van der Waals surface area contributed by atoms with E-state index < -0.39 is 0 Å². The predicted octanol–water partition coefficient (Wildman–Crippen LogP) is 2.23. The Kier molecular flexibility index (Phi) is 2.42. The summed E-state index contributed by atoms with van der Waals surface area (Å²) in [7, 11) is 0. The van der Waals surface area contributed by atoms with Crippen molar-refractivity contribution >= 4 is 16.8 Å². The number of nitrogens with zero attached hydrogens (tertiary/aromatic N) is 3. The van der Waals surface area contributed by atoms with Gasteiger partial charge >= 0.3 is 0 Å². The summed E-state index contributed by atoms with van der Waals surface area (Å²) >= 11 is 0. The van der Waals surface area contributed by atoms with E-state index in [1.807, 2.05) is 18.2 Å². The Morgan fingerprint density at radius 3 is 3.00 bits per heavy atom. The molecule has 1 N–H and O–H groups in total. The van der Waals surface area contributed by atoms with Gasteiger partial charge in [0.2, 0.25) is 0 Å². The summed E-state index contributed by atoms with van der Waals surface area (Å²) in [5.41, 5.74) is 1.74. The smallest absolute Gasteiger partial charge is 0.139 e. The lowest BCUT2D eigenvalue weighted by Crippen LogP contribution is -2.03. The largest absolute Gasteiger partial charge is 0.464 e. The monoisotopic (exact) mass is 226 g/mol. The van der Waals surface area contributed by atoms with Crippen LogP contribution in [0.4, 0.5) is 5.82 Å². The van der Waals surface area contributed by atoms with Crippen molar-refractivity contribution in [3.05, 3.63) is 48.9 Å². The molecule has 0 amide bonds. The number of hydrogen-bond donors (Lipinski definition) is 1. The molecule has 0 saturated carbocycles. The molecule has 3 rings (SSSR count). The fraction of sp³-hybridized carbons (Fsp3) is 0.0833. The summed E-state index contributed by atoms with van der Waals surface area (Å²) in [6, 6.07) is 5.60. The fourth-order valence-electron chi connectivity index (χ4n) is 1.63. The average Bonchev–Trinajstić information content (AvgIpc) is 2.86. The first-order valence-electron chi connectivity index (χ1n) is 5.24. The van der Waals surface area contributed by atoms with Crippen molar-refractivity contribution in [2.75, 3.05) is 5.32 Å². The average molecular weight is 226 g/mol. The lowest BCUT2D eigenvalue weighted by molar-refractivity contribution is 0.615. The zero-order chi connectivity index (χ0) is 11.5. The molecule has 0 aliphatic heterocycles. The molecule has 5 heteroatoms. The third-order valence-electron chi connectivity index (χ3n) is 2.46. The Morgan fingerprint density at radius 1 is 1.12 bits per heavy atom. The van der Waals surface area contributed by atoms with Gasteiger partial charge in [-0.2, -0.15) is 0 Å². The van der Waals surface area contributed by atoms with E-state index in [0.29, 0.717) is 6.54 Å². The van der Waals surface area contributed by atoms with Crippen molar-refractivity contribution in [1.82, 2.24) is 15.0 Å². The maximum Gasteiger partial charge on any atom is 0.139 e. The lowest BCUT2D eigenvalue weighted by atomic mass is 10.3.